The van der Waals surface area contributed by atoms with Crippen molar-refractivity contribution in [2.24, 2.45) is 0 Å². The van der Waals surface area contributed by atoms with Crippen molar-refractivity contribution in [2.75, 3.05) is 20.3 Å². The Bertz CT molecular complexity index is 922. The molecule has 0 aromatic heterocycles. The van der Waals surface area contributed by atoms with Crippen LogP contribution in [0.15, 0.2) is 78.9 Å². The minimum atomic E-state index is -0.966. The Balaban J connectivity index is 1.45. The second-order valence-electron chi connectivity index (χ2n) is 6.82. The molecule has 3 aromatic rings. The number of carboxylic acid groups (broad SMARTS) is 1. The third kappa shape index (κ3) is 6.09. The lowest BCUT2D eigenvalue weighted by Crippen LogP contribution is -2.24. The Kier molecular flexibility index (Phi) is 7.86. The van der Waals surface area contributed by atoms with Gasteiger partial charge in [0.25, 0.3) is 0 Å². The summed E-state index contributed by atoms with van der Waals surface area (Å²) in [5, 5.41) is 9.06. The fourth-order valence-electron chi connectivity index (χ4n) is 3.09. The van der Waals surface area contributed by atoms with Crippen LogP contribution in [0, 0.1) is 0 Å². The van der Waals surface area contributed by atoms with Gasteiger partial charge in [-0.05, 0) is 29.3 Å². The summed E-state index contributed by atoms with van der Waals surface area (Å²) in [6.07, 6.45) is 0.226. The van der Waals surface area contributed by atoms with Gasteiger partial charge in [0.2, 0.25) is 0 Å². The quantitative estimate of drug-likeness (QED) is 0.462. The summed E-state index contributed by atoms with van der Waals surface area (Å²) in [4.78, 5) is 11.0. The Morgan fingerprint density at radius 1 is 0.867 bits per heavy atom. The normalized spacial score (nSPS) is 11.6. The number of ether oxygens (including phenoxy) is 3. The Labute approximate surface area is 176 Å². The third-order valence-corrected chi connectivity index (χ3v) is 4.69. The van der Waals surface area contributed by atoms with E-state index in [4.69, 9.17) is 19.3 Å². The van der Waals surface area contributed by atoms with E-state index in [0.717, 1.165) is 34.6 Å². The van der Waals surface area contributed by atoms with Crippen LogP contribution in [-0.2, 0) is 16.0 Å². The van der Waals surface area contributed by atoms with Gasteiger partial charge < -0.3 is 19.3 Å². The van der Waals surface area contributed by atoms with Crippen molar-refractivity contribution in [1.29, 1.82) is 0 Å². The van der Waals surface area contributed by atoms with Gasteiger partial charge in [-0.25, -0.2) is 4.79 Å². The number of rotatable bonds is 11. The van der Waals surface area contributed by atoms with Gasteiger partial charge in [-0.1, -0.05) is 60.7 Å². The van der Waals surface area contributed by atoms with Crippen molar-refractivity contribution in [3.8, 4) is 22.6 Å². The number of carbonyl (C=O) groups is 1. The van der Waals surface area contributed by atoms with E-state index in [1.165, 1.54) is 7.11 Å². The average Bonchev–Trinajstić information content (AvgIpc) is 2.79. The molecule has 0 saturated carbocycles. The van der Waals surface area contributed by atoms with E-state index in [-0.39, 0.29) is 0 Å². The molecule has 5 nitrogen and oxygen atoms in total. The number of hydrogen-bond donors (Lipinski definition) is 1. The van der Waals surface area contributed by atoms with Crippen molar-refractivity contribution in [2.45, 2.75) is 18.9 Å². The number of para-hydroxylation sites is 1. The summed E-state index contributed by atoms with van der Waals surface area (Å²) in [5.41, 5.74) is 3.09. The SMILES string of the molecule is COC(Cc1ccc(OCCCOc2ccccc2-c2ccccc2)cc1)C(=O)O. The first-order valence-corrected chi connectivity index (χ1v) is 9.92. The van der Waals surface area contributed by atoms with Crippen LogP contribution in [0.1, 0.15) is 12.0 Å². The summed E-state index contributed by atoms with van der Waals surface area (Å²) < 4.78 is 16.7. The van der Waals surface area contributed by atoms with Gasteiger partial charge in [-0.15, -0.1) is 0 Å². The number of hydrogen-bond acceptors (Lipinski definition) is 4. The Morgan fingerprint density at radius 2 is 1.53 bits per heavy atom. The highest BCUT2D eigenvalue weighted by Crippen LogP contribution is 2.29. The average molecular weight is 406 g/mol. The second kappa shape index (κ2) is 11.0. The molecular weight excluding hydrogens is 380 g/mol. The summed E-state index contributed by atoms with van der Waals surface area (Å²) in [5.74, 6) is 0.638. The molecule has 0 fully saturated rings. The zero-order valence-corrected chi connectivity index (χ0v) is 17.0. The van der Waals surface area contributed by atoms with E-state index in [1.54, 1.807) is 0 Å². The fraction of sp³-hybridized carbons (Fsp3) is 0.240. The summed E-state index contributed by atoms with van der Waals surface area (Å²) in [6.45, 7) is 1.08. The molecule has 0 radical (unpaired) electrons. The summed E-state index contributed by atoms with van der Waals surface area (Å²) >= 11 is 0. The highest BCUT2D eigenvalue weighted by molar-refractivity contribution is 5.72. The first-order valence-electron chi connectivity index (χ1n) is 9.92. The van der Waals surface area contributed by atoms with Gasteiger partial charge >= 0.3 is 5.97 Å². The van der Waals surface area contributed by atoms with Crippen LogP contribution < -0.4 is 9.47 Å². The molecule has 30 heavy (non-hydrogen) atoms. The molecule has 156 valence electrons. The van der Waals surface area contributed by atoms with Crippen LogP contribution in [0.5, 0.6) is 11.5 Å². The maximum absolute atomic E-state index is 11.0. The molecule has 1 atom stereocenters. The first-order chi connectivity index (χ1) is 14.7. The van der Waals surface area contributed by atoms with E-state index < -0.39 is 12.1 Å². The van der Waals surface area contributed by atoms with Crippen molar-refractivity contribution in [1.82, 2.24) is 0 Å². The highest BCUT2D eigenvalue weighted by Gasteiger charge is 2.16. The van der Waals surface area contributed by atoms with Crippen LogP contribution >= 0.6 is 0 Å². The molecule has 0 bridgehead atoms. The minimum Gasteiger partial charge on any atom is -0.493 e. The van der Waals surface area contributed by atoms with Crippen molar-refractivity contribution in [3.63, 3.8) is 0 Å². The number of benzene rings is 3. The fourth-order valence-corrected chi connectivity index (χ4v) is 3.09. The van der Waals surface area contributed by atoms with Gasteiger partial charge in [-0.2, -0.15) is 0 Å². The second-order valence-corrected chi connectivity index (χ2v) is 6.82. The topological polar surface area (TPSA) is 65.0 Å². The zero-order chi connectivity index (χ0) is 21.2. The Morgan fingerprint density at radius 3 is 2.23 bits per heavy atom. The van der Waals surface area contributed by atoms with E-state index in [0.29, 0.717) is 19.6 Å². The molecule has 0 saturated heterocycles. The summed E-state index contributed by atoms with van der Waals surface area (Å²) in [6, 6.07) is 25.6. The van der Waals surface area contributed by atoms with Crippen LogP contribution in [-0.4, -0.2) is 37.5 Å². The van der Waals surface area contributed by atoms with Crippen molar-refractivity contribution in [3.05, 3.63) is 84.4 Å². The van der Waals surface area contributed by atoms with Crippen LogP contribution in [0.4, 0.5) is 0 Å². The van der Waals surface area contributed by atoms with Crippen LogP contribution in [0.25, 0.3) is 11.1 Å². The molecule has 0 spiro atoms. The summed E-state index contributed by atoms with van der Waals surface area (Å²) in [7, 11) is 1.40. The van der Waals surface area contributed by atoms with Crippen LogP contribution in [0.2, 0.25) is 0 Å². The lowest BCUT2D eigenvalue weighted by atomic mass is 10.1. The highest BCUT2D eigenvalue weighted by atomic mass is 16.5. The minimum absolute atomic E-state index is 0.320. The predicted octanol–water partition coefficient (Wildman–Crippen LogP) is 4.84. The van der Waals surface area contributed by atoms with Crippen molar-refractivity contribution < 1.29 is 24.1 Å². The molecule has 0 aliphatic heterocycles. The zero-order valence-electron chi connectivity index (χ0n) is 17.0. The van der Waals surface area contributed by atoms with E-state index >= 15 is 0 Å². The lowest BCUT2D eigenvalue weighted by Gasteiger charge is -2.13. The molecule has 1 N–H and O–H groups in total. The molecule has 0 aliphatic carbocycles. The number of carboxylic acids is 1. The van der Waals surface area contributed by atoms with Crippen molar-refractivity contribution >= 4 is 5.97 Å². The van der Waals surface area contributed by atoms with E-state index in [1.807, 2.05) is 60.7 Å². The molecule has 1 unspecified atom stereocenters. The maximum Gasteiger partial charge on any atom is 0.333 e. The molecule has 0 amide bonds. The van der Waals surface area contributed by atoms with Crippen LogP contribution in [0.3, 0.4) is 0 Å². The van der Waals surface area contributed by atoms with E-state index in [2.05, 4.69) is 18.2 Å². The number of aliphatic carboxylic acids is 1. The van der Waals surface area contributed by atoms with E-state index in [9.17, 15) is 4.79 Å². The molecule has 3 aromatic carbocycles. The molecule has 3 rings (SSSR count). The monoisotopic (exact) mass is 406 g/mol. The largest absolute Gasteiger partial charge is 0.493 e. The third-order valence-electron chi connectivity index (χ3n) is 4.69. The molecule has 0 heterocycles. The van der Waals surface area contributed by atoms with Gasteiger partial charge in [0, 0.05) is 25.5 Å². The molecule has 5 heteroatoms. The molecular formula is C25H26O5. The number of methoxy groups -OCH3 is 1. The first kappa shape index (κ1) is 21.4. The van der Waals surface area contributed by atoms with Gasteiger partial charge in [-0.3, -0.25) is 0 Å². The smallest absolute Gasteiger partial charge is 0.333 e. The lowest BCUT2D eigenvalue weighted by molar-refractivity contribution is -0.148. The maximum atomic E-state index is 11.0. The standard InChI is InChI=1S/C25H26O5/c1-28-24(25(26)27)18-19-12-14-21(15-13-19)29-16-7-17-30-23-11-6-5-10-22(23)20-8-3-2-4-9-20/h2-6,8-15,24H,7,16-18H2,1H3,(H,26,27). The van der Waals surface area contributed by atoms with Gasteiger partial charge in [0.15, 0.2) is 6.10 Å². The molecule has 0 aliphatic rings. The predicted molar refractivity (Wildman–Crippen MR) is 116 cm³/mol. The van der Waals surface area contributed by atoms with Gasteiger partial charge in [0.1, 0.15) is 11.5 Å². The van der Waals surface area contributed by atoms with Gasteiger partial charge in [0.05, 0.1) is 13.2 Å². The Hall–Kier alpha value is -3.31.